The van der Waals surface area contributed by atoms with Gasteiger partial charge in [-0.1, -0.05) is 49.4 Å². The lowest BCUT2D eigenvalue weighted by Gasteiger charge is -2.40. The molecule has 0 unspecified atom stereocenters. The number of hydrogen-bond donors (Lipinski definition) is 2. The van der Waals surface area contributed by atoms with Crippen molar-refractivity contribution in [3.8, 4) is 0 Å². The first-order valence-electron chi connectivity index (χ1n) is 10.4. The minimum atomic E-state index is -0.217. The molecule has 1 aliphatic heterocycles. The molecule has 1 amide bonds. The van der Waals surface area contributed by atoms with Crippen molar-refractivity contribution in [1.29, 1.82) is 0 Å². The van der Waals surface area contributed by atoms with Crippen LogP contribution in [0, 0.1) is 0 Å². The van der Waals surface area contributed by atoms with Crippen LogP contribution in [0.3, 0.4) is 0 Å². The van der Waals surface area contributed by atoms with Crippen LogP contribution in [0.2, 0.25) is 0 Å². The molecule has 0 radical (unpaired) electrons. The lowest BCUT2D eigenvalue weighted by atomic mass is 9.87. The SMILES string of the molecule is CCCC(=O)N[C@@H]1[C@@H](c2ccc(N(C)C)cc2)Nc2ncnn2[C@@H]1c1ccccc1. The van der Waals surface area contributed by atoms with E-state index in [1.165, 1.54) is 0 Å². The van der Waals surface area contributed by atoms with Gasteiger partial charge in [-0.15, -0.1) is 0 Å². The van der Waals surface area contributed by atoms with Gasteiger partial charge in [0.05, 0.1) is 12.1 Å². The maximum Gasteiger partial charge on any atom is 0.222 e. The molecule has 3 aromatic rings. The number of anilines is 2. The van der Waals surface area contributed by atoms with Crippen molar-refractivity contribution in [2.24, 2.45) is 0 Å². The van der Waals surface area contributed by atoms with E-state index in [4.69, 9.17) is 0 Å². The van der Waals surface area contributed by atoms with Crippen LogP contribution >= 0.6 is 0 Å². The number of aromatic nitrogens is 3. The maximum atomic E-state index is 12.7. The van der Waals surface area contributed by atoms with Crippen LogP contribution < -0.4 is 15.5 Å². The summed E-state index contributed by atoms with van der Waals surface area (Å²) < 4.78 is 1.87. The molecule has 2 N–H and O–H groups in total. The molecule has 30 heavy (non-hydrogen) atoms. The number of amides is 1. The highest BCUT2D eigenvalue weighted by atomic mass is 16.1. The predicted molar refractivity (Wildman–Crippen MR) is 119 cm³/mol. The molecule has 1 aliphatic rings. The lowest BCUT2D eigenvalue weighted by molar-refractivity contribution is -0.122. The van der Waals surface area contributed by atoms with Gasteiger partial charge in [0.15, 0.2) is 0 Å². The molecule has 0 saturated carbocycles. The van der Waals surface area contributed by atoms with Gasteiger partial charge in [-0.3, -0.25) is 4.79 Å². The van der Waals surface area contributed by atoms with Crippen LogP contribution in [0.5, 0.6) is 0 Å². The summed E-state index contributed by atoms with van der Waals surface area (Å²) >= 11 is 0. The van der Waals surface area contributed by atoms with Crippen molar-refractivity contribution in [2.45, 2.75) is 37.9 Å². The molecule has 2 heterocycles. The van der Waals surface area contributed by atoms with Crippen molar-refractivity contribution in [3.63, 3.8) is 0 Å². The number of nitrogens with zero attached hydrogens (tertiary/aromatic N) is 4. The Balaban J connectivity index is 1.78. The highest BCUT2D eigenvalue weighted by molar-refractivity contribution is 5.76. The second-order valence-corrected chi connectivity index (χ2v) is 7.84. The van der Waals surface area contributed by atoms with Crippen molar-refractivity contribution in [2.75, 3.05) is 24.3 Å². The normalized spacial score (nSPS) is 20.2. The lowest BCUT2D eigenvalue weighted by Crippen LogP contribution is -2.51. The van der Waals surface area contributed by atoms with E-state index in [2.05, 4.69) is 62.0 Å². The zero-order chi connectivity index (χ0) is 21.1. The Hall–Kier alpha value is -3.35. The number of hydrogen-bond acceptors (Lipinski definition) is 5. The van der Waals surface area contributed by atoms with Crippen molar-refractivity contribution in [1.82, 2.24) is 20.1 Å². The second-order valence-electron chi connectivity index (χ2n) is 7.84. The highest BCUT2D eigenvalue weighted by Gasteiger charge is 2.40. The van der Waals surface area contributed by atoms with Gasteiger partial charge in [-0.05, 0) is 29.7 Å². The largest absolute Gasteiger partial charge is 0.378 e. The Labute approximate surface area is 177 Å². The van der Waals surface area contributed by atoms with Gasteiger partial charge >= 0.3 is 0 Å². The van der Waals surface area contributed by atoms with E-state index < -0.39 is 0 Å². The fourth-order valence-corrected chi connectivity index (χ4v) is 4.04. The van der Waals surface area contributed by atoms with Gasteiger partial charge in [0.25, 0.3) is 0 Å². The van der Waals surface area contributed by atoms with Crippen molar-refractivity contribution in [3.05, 3.63) is 72.1 Å². The summed E-state index contributed by atoms with van der Waals surface area (Å²) in [7, 11) is 4.05. The maximum absolute atomic E-state index is 12.7. The van der Waals surface area contributed by atoms with E-state index in [1.807, 2.05) is 43.9 Å². The molecule has 2 aromatic carbocycles. The molecule has 156 valence electrons. The molecule has 0 fully saturated rings. The smallest absolute Gasteiger partial charge is 0.222 e. The van der Waals surface area contributed by atoms with Crippen LogP contribution in [0.1, 0.15) is 43.0 Å². The van der Waals surface area contributed by atoms with Gasteiger partial charge in [0.2, 0.25) is 11.9 Å². The molecule has 7 heteroatoms. The number of nitrogens with one attached hydrogen (secondary N) is 2. The van der Waals surface area contributed by atoms with Crippen molar-refractivity contribution < 1.29 is 4.79 Å². The monoisotopic (exact) mass is 404 g/mol. The van der Waals surface area contributed by atoms with Crippen LogP contribution in [0.25, 0.3) is 0 Å². The zero-order valence-corrected chi connectivity index (χ0v) is 17.6. The number of benzene rings is 2. The number of carbonyl (C=O) groups is 1. The summed E-state index contributed by atoms with van der Waals surface area (Å²) in [6, 6.07) is 18.1. The highest BCUT2D eigenvalue weighted by Crippen LogP contribution is 2.38. The van der Waals surface area contributed by atoms with Gasteiger partial charge in [0.1, 0.15) is 12.4 Å². The number of rotatable bonds is 6. The minimum Gasteiger partial charge on any atom is -0.378 e. The Morgan fingerprint density at radius 3 is 2.50 bits per heavy atom. The molecular formula is C23H28N6O. The third kappa shape index (κ3) is 3.87. The van der Waals surface area contributed by atoms with E-state index >= 15 is 0 Å². The molecule has 0 aliphatic carbocycles. The number of fused-ring (bicyclic) bond motifs is 1. The first-order chi connectivity index (χ1) is 14.6. The van der Waals surface area contributed by atoms with Crippen LogP contribution in [-0.2, 0) is 4.79 Å². The predicted octanol–water partition coefficient (Wildman–Crippen LogP) is 3.39. The summed E-state index contributed by atoms with van der Waals surface area (Å²) in [5.41, 5.74) is 3.31. The Morgan fingerprint density at radius 1 is 1.10 bits per heavy atom. The van der Waals surface area contributed by atoms with E-state index in [0.717, 1.165) is 23.2 Å². The van der Waals surface area contributed by atoms with Gasteiger partial charge < -0.3 is 15.5 Å². The minimum absolute atomic E-state index is 0.0451. The van der Waals surface area contributed by atoms with Crippen molar-refractivity contribution >= 4 is 17.5 Å². The average Bonchev–Trinajstić information content (AvgIpc) is 3.22. The van der Waals surface area contributed by atoms with E-state index in [-0.39, 0.29) is 24.0 Å². The quantitative estimate of drug-likeness (QED) is 0.659. The second kappa shape index (κ2) is 8.57. The van der Waals surface area contributed by atoms with E-state index in [0.29, 0.717) is 12.4 Å². The van der Waals surface area contributed by atoms with Crippen LogP contribution in [-0.4, -0.2) is 40.8 Å². The van der Waals surface area contributed by atoms with Crippen LogP contribution in [0.4, 0.5) is 11.6 Å². The molecule has 0 spiro atoms. The molecule has 0 bridgehead atoms. The summed E-state index contributed by atoms with van der Waals surface area (Å²) in [6.07, 6.45) is 2.86. The molecule has 7 nitrogen and oxygen atoms in total. The average molecular weight is 405 g/mol. The Morgan fingerprint density at radius 2 is 1.83 bits per heavy atom. The third-order valence-corrected chi connectivity index (χ3v) is 5.53. The Bertz CT molecular complexity index is 982. The number of carbonyl (C=O) groups excluding carboxylic acids is 1. The molecular weight excluding hydrogens is 376 g/mol. The molecule has 4 rings (SSSR count). The summed E-state index contributed by atoms with van der Waals surface area (Å²) in [4.78, 5) is 19.2. The molecule has 3 atom stereocenters. The first-order valence-corrected chi connectivity index (χ1v) is 10.4. The zero-order valence-electron chi connectivity index (χ0n) is 17.6. The standard InChI is InChI=1S/C23H28N6O/c1-4-8-19(30)26-21-20(16-11-13-18(14-12-16)28(2)3)27-23-24-15-25-29(23)22(21)17-9-6-5-7-10-17/h5-7,9-15,20-22H,4,8H2,1-3H3,(H,26,30)(H,24,25,27)/t20-,21-,22-/m1/s1. The topological polar surface area (TPSA) is 75.1 Å². The van der Waals surface area contributed by atoms with Gasteiger partial charge in [0, 0.05) is 26.2 Å². The summed E-state index contributed by atoms with van der Waals surface area (Å²) in [6.45, 7) is 2.01. The van der Waals surface area contributed by atoms with E-state index in [1.54, 1.807) is 6.33 Å². The van der Waals surface area contributed by atoms with Crippen LogP contribution in [0.15, 0.2) is 60.9 Å². The van der Waals surface area contributed by atoms with Gasteiger partial charge in [-0.25, -0.2) is 4.68 Å². The summed E-state index contributed by atoms with van der Waals surface area (Å²) in [5.74, 6) is 0.746. The fourth-order valence-electron chi connectivity index (χ4n) is 4.04. The first kappa shape index (κ1) is 19.9. The van der Waals surface area contributed by atoms with E-state index in [9.17, 15) is 4.79 Å². The van der Waals surface area contributed by atoms with Gasteiger partial charge in [-0.2, -0.15) is 10.1 Å². The summed E-state index contributed by atoms with van der Waals surface area (Å²) in [5, 5.41) is 11.3. The Kier molecular flexibility index (Phi) is 5.70. The molecule has 0 saturated heterocycles. The fraction of sp³-hybridized carbons (Fsp3) is 0.348. The third-order valence-electron chi connectivity index (χ3n) is 5.53. The molecule has 1 aromatic heterocycles.